The molecule has 0 aliphatic carbocycles. The highest BCUT2D eigenvalue weighted by Gasteiger charge is 2.25. The zero-order valence-electron chi connectivity index (χ0n) is 19.0. The molecule has 0 saturated carbocycles. The topological polar surface area (TPSA) is 113 Å². The second kappa shape index (κ2) is 9.35. The number of benzene rings is 2. The van der Waals surface area contributed by atoms with Crippen molar-refractivity contribution in [2.75, 3.05) is 39.3 Å². The Labute approximate surface area is 191 Å². The Balaban J connectivity index is 1.69. The van der Waals surface area contributed by atoms with E-state index in [4.69, 9.17) is 18.7 Å². The fraction of sp³-hybridized carbons (Fsp3) is 0.391. The number of hydrogen-bond acceptors (Lipinski definition) is 9. The molecule has 2 aromatic carbocycles. The van der Waals surface area contributed by atoms with Gasteiger partial charge in [0, 0.05) is 30.3 Å². The monoisotopic (exact) mass is 454 g/mol. The quantitative estimate of drug-likeness (QED) is 0.374. The highest BCUT2D eigenvalue weighted by molar-refractivity contribution is 5.72. The third-order valence-corrected chi connectivity index (χ3v) is 5.77. The first-order valence-electron chi connectivity index (χ1n) is 10.6. The van der Waals surface area contributed by atoms with Gasteiger partial charge in [0.1, 0.15) is 5.69 Å². The van der Waals surface area contributed by atoms with E-state index < -0.39 is 0 Å². The van der Waals surface area contributed by atoms with Crippen molar-refractivity contribution in [3.63, 3.8) is 0 Å². The van der Waals surface area contributed by atoms with Crippen molar-refractivity contribution in [1.29, 1.82) is 0 Å². The van der Waals surface area contributed by atoms with E-state index in [9.17, 15) is 10.1 Å². The van der Waals surface area contributed by atoms with Crippen LogP contribution in [0.3, 0.4) is 0 Å². The van der Waals surface area contributed by atoms with Crippen molar-refractivity contribution in [3.8, 4) is 40.1 Å². The van der Waals surface area contributed by atoms with Crippen molar-refractivity contribution in [3.05, 3.63) is 40.4 Å². The van der Waals surface area contributed by atoms with Gasteiger partial charge in [-0.15, -0.1) is 0 Å². The molecule has 174 valence electrons. The zero-order chi connectivity index (χ0) is 23.5. The highest BCUT2D eigenvalue weighted by Crippen LogP contribution is 2.41. The summed E-state index contributed by atoms with van der Waals surface area (Å²) in [5.41, 5.74) is 1.70. The number of anilines is 1. The zero-order valence-corrected chi connectivity index (χ0v) is 19.0. The van der Waals surface area contributed by atoms with E-state index in [-0.39, 0.29) is 16.5 Å². The second-order valence-electron chi connectivity index (χ2n) is 7.99. The van der Waals surface area contributed by atoms with Gasteiger partial charge in [-0.2, -0.15) is 4.98 Å². The number of aromatic nitrogens is 2. The van der Waals surface area contributed by atoms with Gasteiger partial charge in [0.15, 0.2) is 11.5 Å². The molecule has 0 unspecified atom stereocenters. The lowest BCUT2D eigenvalue weighted by Crippen LogP contribution is -2.34. The summed E-state index contributed by atoms with van der Waals surface area (Å²) in [6.07, 6.45) is 2.15. The first-order chi connectivity index (χ1) is 15.9. The molecule has 3 aromatic rings. The predicted molar refractivity (Wildman–Crippen MR) is 122 cm³/mol. The Kier molecular flexibility index (Phi) is 6.34. The Morgan fingerprint density at radius 2 is 1.82 bits per heavy atom. The molecule has 1 fully saturated rings. The van der Waals surface area contributed by atoms with Crippen LogP contribution in [-0.4, -0.2) is 49.5 Å². The average Bonchev–Trinajstić information content (AvgIpc) is 3.33. The number of methoxy groups -OCH3 is 3. The minimum absolute atomic E-state index is 0.0223. The molecule has 0 radical (unpaired) electrons. The molecule has 4 rings (SSSR count). The van der Waals surface area contributed by atoms with Gasteiger partial charge in [-0.3, -0.25) is 10.1 Å². The molecule has 0 spiro atoms. The number of hydrogen-bond donors (Lipinski definition) is 0. The lowest BCUT2D eigenvalue weighted by Gasteiger charge is -2.32. The molecular formula is C23H26N4O6. The summed E-state index contributed by atoms with van der Waals surface area (Å²) in [6.45, 7) is 3.76. The van der Waals surface area contributed by atoms with Gasteiger partial charge in [0.25, 0.3) is 11.6 Å². The SMILES string of the molecule is COc1cc(-c2noc(-c3ccc(N4CCC[C@@H](C)C4)c([N+](=O)[O-])c3)n2)cc(OC)c1OC. The first-order valence-corrected chi connectivity index (χ1v) is 10.6. The van der Waals surface area contributed by atoms with E-state index in [1.54, 1.807) is 24.3 Å². The Bertz CT molecular complexity index is 1140. The Hall–Kier alpha value is -3.82. The predicted octanol–water partition coefficient (Wildman–Crippen LogP) is 4.57. The van der Waals surface area contributed by atoms with Gasteiger partial charge in [-0.25, -0.2) is 0 Å². The standard InChI is InChI=1S/C23H26N4O6/c1-14-6-5-9-26(13-14)17-8-7-15(10-18(17)27(28)29)23-24-22(25-33-23)16-11-19(30-2)21(32-4)20(12-16)31-3/h7-8,10-12,14H,5-6,9,13H2,1-4H3/t14-/m1/s1. The van der Waals surface area contributed by atoms with Crippen molar-refractivity contribution >= 4 is 11.4 Å². The summed E-state index contributed by atoms with van der Waals surface area (Å²) in [7, 11) is 4.56. The first kappa shape index (κ1) is 22.4. The summed E-state index contributed by atoms with van der Waals surface area (Å²) in [4.78, 5) is 18.0. The minimum atomic E-state index is -0.366. The lowest BCUT2D eigenvalue weighted by atomic mass is 9.99. The maximum absolute atomic E-state index is 11.8. The normalized spacial score (nSPS) is 15.9. The van der Waals surface area contributed by atoms with Crippen LogP contribution in [0.25, 0.3) is 22.8 Å². The van der Waals surface area contributed by atoms with E-state index in [0.717, 1.165) is 25.9 Å². The fourth-order valence-electron chi connectivity index (χ4n) is 4.15. The molecule has 0 amide bonds. The van der Waals surface area contributed by atoms with Crippen molar-refractivity contribution in [1.82, 2.24) is 10.1 Å². The minimum Gasteiger partial charge on any atom is -0.493 e. The summed E-state index contributed by atoms with van der Waals surface area (Å²) in [6, 6.07) is 8.43. The molecule has 2 heterocycles. The van der Waals surface area contributed by atoms with Crippen LogP contribution in [0.4, 0.5) is 11.4 Å². The molecule has 10 nitrogen and oxygen atoms in total. The molecule has 10 heteroatoms. The Morgan fingerprint density at radius 1 is 1.09 bits per heavy atom. The fourth-order valence-corrected chi connectivity index (χ4v) is 4.15. The van der Waals surface area contributed by atoms with Gasteiger partial charge in [-0.1, -0.05) is 12.1 Å². The molecular weight excluding hydrogens is 428 g/mol. The third-order valence-electron chi connectivity index (χ3n) is 5.77. The molecule has 1 aliphatic heterocycles. The Morgan fingerprint density at radius 3 is 2.42 bits per heavy atom. The number of piperidine rings is 1. The van der Waals surface area contributed by atoms with Crippen molar-refractivity contribution in [2.24, 2.45) is 5.92 Å². The van der Waals surface area contributed by atoms with E-state index in [2.05, 4.69) is 22.0 Å². The van der Waals surface area contributed by atoms with Gasteiger partial charge in [0.2, 0.25) is 11.6 Å². The van der Waals surface area contributed by atoms with Crippen LogP contribution in [0, 0.1) is 16.0 Å². The van der Waals surface area contributed by atoms with Crippen LogP contribution >= 0.6 is 0 Å². The van der Waals surface area contributed by atoms with Crippen molar-refractivity contribution in [2.45, 2.75) is 19.8 Å². The van der Waals surface area contributed by atoms with Crippen LogP contribution in [0.2, 0.25) is 0 Å². The maximum Gasteiger partial charge on any atom is 0.293 e. The van der Waals surface area contributed by atoms with E-state index in [0.29, 0.717) is 45.8 Å². The number of ether oxygens (including phenoxy) is 3. The molecule has 1 saturated heterocycles. The van der Waals surface area contributed by atoms with E-state index in [1.807, 2.05) is 0 Å². The largest absolute Gasteiger partial charge is 0.493 e. The molecule has 0 bridgehead atoms. The van der Waals surface area contributed by atoms with Crippen LogP contribution in [0.1, 0.15) is 19.8 Å². The third kappa shape index (κ3) is 4.41. The van der Waals surface area contributed by atoms with Crippen LogP contribution in [0.5, 0.6) is 17.2 Å². The number of nitrogens with zero attached hydrogens (tertiary/aromatic N) is 4. The van der Waals surface area contributed by atoms with E-state index >= 15 is 0 Å². The summed E-state index contributed by atoms with van der Waals surface area (Å²) in [5, 5.41) is 15.9. The molecule has 33 heavy (non-hydrogen) atoms. The van der Waals surface area contributed by atoms with Gasteiger partial charge < -0.3 is 23.6 Å². The van der Waals surface area contributed by atoms with Crippen molar-refractivity contribution < 1.29 is 23.7 Å². The second-order valence-corrected chi connectivity index (χ2v) is 7.99. The van der Waals surface area contributed by atoms with Gasteiger partial charge >= 0.3 is 0 Å². The maximum atomic E-state index is 11.8. The number of nitro groups is 1. The van der Waals surface area contributed by atoms with Gasteiger partial charge in [-0.05, 0) is 43.0 Å². The van der Waals surface area contributed by atoms with E-state index in [1.165, 1.54) is 27.4 Å². The summed E-state index contributed by atoms with van der Waals surface area (Å²) in [5.74, 6) is 2.32. The molecule has 1 aromatic heterocycles. The summed E-state index contributed by atoms with van der Waals surface area (Å²) < 4.78 is 21.5. The molecule has 1 atom stereocenters. The smallest absolute Gasteiger partial charge is 0.293 e. The van der Waals surface area contributed by atoms with Gasteiger partial charge in [0.05, 0.1) is 26.3 Å². The van der Waals surface area contributed by atoms with Crippen LogP contribution < -0.4 is 19.1 Å². The highest BCUT2D eigenvalue weighted by atomic mass is 16.6. The average molecular weight is 454 g/mol. The number of rotatable bonds is 7. The molecule has 0 N–H and O–H groups in total. The molecule has 1 aliphatic rings. The number of nitro benzene ring substituents is 1. The summed E-state index contributed by atoms with van der Waals surface area (Å²) >= 11 is 0. The van der Waals surface area contributed by atoms with Crippen LogP contribution in [-0.2, 0) is 0 Å². The lowest BCUT2D eigenvalue weighted by molar-refractivity contribution is -0.384. The van der Waals surface area contributed by atoms with Crippen LogP contribution in [0.15, 0.2) is 34.9 Å².